The lowest BCUT2D eigenvalue weighted by molar-refractivity contribution is 0.0952. The fraction of sp³-hybridized carbons (Fsp3) is 1.00. The highest BCUT2D eigenvalue weighted by Gasteiger charge is 2.34. The standard InChI is InChI=1S/C10H19NO/c1-7(11)2-8-3-9-5-10(4-8)12-6-9/h7-10H,2-6,11H2,1H3. The van der Waals surface area contributed by atoms with Gasteiger partial charge in [0.25, 0.3) is 0 Å². The quantitative estimate of drug-likeness (QED) is 0.680. The van der Waals surface area contributed by atoms with E-state index in [4.69, 9.17) is 10.5 Å². The van der Waals surface area contributed by atoms with Crippen molar-refractivity contribution in [3.63, 3.8) is 0 Å². The van der Waals surface area contributed by atoms with Gasteiger partial charge in [-0.2, -0.15) is 0 Å². The highest BCUT2D eigenvalue weighted by molar-refractivity contribution is 4.85. The zero-order valence-electron chi connectivity index (χ0n) is 7.83. The number of ether oxygens (including phenoxy) is 1. The molecule has 1 aliphatic heterocycles. The number of hydrogen-bond acceptors (Lipinski definition) is 2. The van der Waals surface area contributed by atoms with Gasteiger partial charge in [-0.05, 0) is 44.4 Å². The number of rotatable bonds is 2. The van der Waals surface area contributed by atoms with Crippen molar-refractivity contribution >= 4 is 0 Å². The molecule has 2 nitrogen and oxygen atoms in total. The van der Waals surface area contributed by atoms with Gasteiger partial charge in [0.05, 0.1) is 6.10 Å². The lowest BCUT2D eigenvalue weighted by Crippen LogP contribution is -2.26. The van der Waals surface area contributed by atoms with E-state index < -0.39 is 0 Å². The Kier molecular flexibility index (Phi) is 2.37. The predicted octanol–water partition coefficient (Wildman–Crippen LogP) is 1.54. The molecular formula is C10H19NO. The van der Waals surface area contributed by atoms with E-state index >= 15 is 0 Å². The van der Waals surface area contributed by atoms with E-state index in [1.54, 1.807) is 0 Å². The molecule has 70 valence electrons. The summed E-state index contributed by atoms with van der Waals surface area (Å²) in [5, 5.41) is 0. The number of nitrogens with two attached hydrogens (primary N) is 1. The maximum Gasteiger partial charge on any atom is 0.0581 e. The fourth-order valence-electron chi connectivity index (χ4n) is 2.77. The second kappa shape index (κ2) is 3.35. The summed E-state index contributed by atoms with van der Waals surface area (Å²) >= 11 is 0. The summed E-state index contributed by atoms with van der Waals surface area (Å²) in [4.78, 5) is 0. The maximum atomic E-state index is 5.79. The normalized spacial score (nSPS) is 43.0. The Morgan fingerprint density at radius 2 is 2.25 bits per heavy atom. The molecule has 2 rings (SSSR count). The van der Waals surface area contributed by atoms with Crippen LogP contribution in [0.5, 0.6) is 0 Å². The summed E-state index contributed by atoms with van der Waals surface area (Å²) in [5.74, 6) is 1.70. The molecule has 0 aromatic carbocycles. The first kappa shape index (κ1) is 8.52. The van der Waals surface area contributed by atoms with Gasteiger partial charge >= 0.3 is 0 Å². The Morgan fingerprint density at radius 1 is 1.42 bits per heavy atom. The summed E-state index contributed by atoms with van der Waals surface area (Å²) in [6.45, 7) is 3.12. The predicted molar refractivity (Wildman–Crippen MR) is 48.8 cm³/mol. The lowest BCUT2D eigenvalue weighted by atomic mass is 9.79. The molecule has 1 saturated heterocycles. The van der Waals surface area contributed by atoms with Crippen molar-refractivity contribution in [2.75, 3.05) is 6.61 Å². The van der Waals surface area contributed by atoms with Gasteiger partial charge < -0.3 is 10.5 Å². The third-order valence-corrected chi connectivity index (χ3v) is 3.13. The highest BCUT2D eigenvalue weighted by Crippen LogP contribution is 2.38. The minimum atomic E-state index is 0.368. The van der Waals surface area contributed by atoms with Gasteiger partial charge in [-0.25, -0.2) is 0 Å². The summed E-state index contributed by atoms with van der Waals surface area (Å²) in [5.41, 5.74) is 5.79. The Balaban J connectivity index is 1.85. The smallest absolute Gasteiger partial charge is 0.0581 e. The monoisotopic (exact) mass is 169 g/mol. The molecule has 4 atom stereocenters. The molecule has 12 heavy (non-hydrogen) atoms. The van der Waals surface area contributed by atoms with E-state index in [1.807, 2.05) is 0 Å². The molecule has 1 aliphatic carbocycles. The first-order valence-electron chi connectivity index (χ1n) is 5.11. The van der Waals surface area contributed by atoms with Gasteiger partial charge in [-0.1, -0.05) is 0 Å². The molecule has 2 aliphatic rings. The van der Waals surface area contributed by atoms with Gasteiger partial charge in [0.2, 0.25) is 0 Å². The molecule has 2 N–H and O–H groups in total. The average molecular weight is 169 g/mol. The van der Waals surface area contributed by atoms with Crippen LogP contribution in [0.15, 0.2) is 0 Å². The van der Waals surface area contributed by atoms with Crippen molar-refractivity contribution in [2.45, 2.75) is 44.8 Å². The lowest BCUT2D eigenvalue weighted by Gasteiger charge is -2.26. The number of fused-ring (bicyclic) bond motifs is 2. The van der Waals surface area contributed by atoms with Crippen molar-refractivity contribution in [3.05, 3.63) is 0 Å². The average Bonchev–Trinajstić information content (AvgIpc) is 2.29. The van der Waals surface area contributed by atoms with Gasteiger partial charge in [-0.15, -0.1) is 0 Å². The van der Waals surface area contributed by atoms with Crippen molar-refractivity contribution in [2.24, 2.45) is 17.6 Å². The Labute approximate surface area is 74.5 Å². The molecule has 2 bridgehead atoms. The summed E-state index contributed by atoms with van der Waals surface area (Å²) in [7, 11) is 0. The van der Waals surface area contributed by atoms with Crippen LogP contribution >= 0.6 is 0 Å². The Bertz CT molecular complexity index is 146. The molecule has 1 saturated carbocycles. The minimum absolute atomic E-state index is 0.368. The maximum absolute atomic E-state index is 5.79. The van der Waals surface area contributed by atoms with E-state index in [-0.39, 0.29) is 0 Å². The van der Waals surface area contributed by atoms with E-state index in [1.165, 1.54) is 25.7 Å². The van der Waals surface area contributed by atoms with E-state index in [0.717, 1.165) is 18.4 Å². The molecule has 1 heterocycles. The molecule has 2 fully saturated rings. The van der Waals surface area contributed by atoms with Crippen LogP contribution in [0.3, 0.4) is 0 Å². The van der Waals surface area contributed by atoms with Crippen LogP contribution in [0.25, 0.3) is 0 Å². The van der Waals surface area contributed by atoms with Gasteiger partial charge in [0, 0.05) is 12.6 Å². The Hall–Kier alpha value is -0.0800. The van der Waals surface area contributed by atoms with Crippen LogP contribution in [0, 0.1) is 11.8 Å². The zero-order valence-corrected chi connectivity index (χ0v) is 7.83. The topological polar surface area (TPSA) is 35.2 Å². The Morgan fingerprint density at radius 3 is 2.92 bits per heavy atom. The summed E-state index contributed by atoms with van der Waals surface area (Å²) in [6, 6.07) is 0.368. The first-order valence-corrected chi connectivity index (χ1v) is 5.11. The molecule has 0 amide bonds. The van der Waals surface area contributed by atoms with Crippen molar-refractivity contribution in [3.8, 4) is 0 Å². The van der Waals surface area contributed by atoms with Crippen LogP contribution in [-0.2, 0) is 4.74 Å². The third kappa shape index (κ3) is 1.80. The minimum Gasteiger partial charge on any atom is -0.378 e. The highest BCUT2D eigenvalue weighted by atomic mass is 16.5. The molecule has 2 heteroatoms. The van der Waals surface area contributed by atoms with E-state index in [2.05, 4.69) is 6.92 Å². The third-order valence-electron chi connectivity index (χ3n) is 3.13. The van der Waals surface area contributed by atoms with Gasteiger partial charge in [0.1, 0.15) is 0 Å². The van der Waals surface area contributed by atoms with Gasteiger partial charge in [0.15, 0.2) is 0 Å². The zero-order chi connectivity index (χ0) is 8.55. The molecule has 0 spiro atoms. The van der Waals surface area contributed by atoms with Crippen molar-refractivity contribution in [1.29, 1.82) is 0 Å². The second-order valence-electron chi connectivity index (χ2n) is 4.61. The number of hydrogen-bond donors (Lipinski definition) is 1. The van der Waals surface area contributed by atoms with E-state index in [0.29, 0.717) is 12.1 Å². The first-order chi connectivity index (χ1) is 5.74. The van der Waals surface area contributed by atoms with Crippen molar-refractivity contribution in [1.82, 2.24) is 0 Å². The van der Waals surface area contributed by atoms with Crippen LogP contribution in [0.1, 0.15) is 32.6 Å². The largest absolute Gasteiger partial charge is 0.378 e. The molecular weight excluding hydrogens is 150 g/mol. The van der Waals surface area contributed by atoms with Crippen LogP contribution in [0.4, 0.5) is 0 Å². The van der Waals surface area contributed by atoms with Crippen LogP contribution < -0.4 is 5.73 Å². The molecule has 0 radical (unpaired) electrons. The summed E-state index contributed by atoms with van der Waals surface area (Å²) < 4.78 is 5.65. The molecule has 0 aromatic heterocycles. The second-order valence-corrected chi connectivity index (χ2v) is 4.61. The van der Waals surface area contributed by atoms with Crippen LogP contribution in [0.2, 0.25) is 0 Å². The van der Waals surface area contributed by atoms with Gasteiger partial charge in [-0.3, -0.25) is 0 Å². The SMILES string of the molecule is CC(N)CC1CC2COC(C2)C1. The fourth-order valence-corrected chi connectivity index (χ4v) is 2.77. The summed E-state index contributed by atoms with van der Waals surface area (Å²) in [6.07, 6.45) is 5.70. The van der Waals surface area contributed by atoms with Crippen LogP contribution in [-0.4, -0.2) is 18.8 Å². The van der Waals surface area contributed by atoms with E-state index in [9.17, 15) is 0 Å². The van der Waals surface area contributed by atoms with Crippen molar-refractivity contribution < 1.29 is 4.74 Å². The molecule has 4 unspecified atom stereocenters. The molecule has 0 aromatic rings.